The number of ether oxygens (including phenoxy) is 1. The molecule has 146 valence electrons. The van der Waals surface area contributed by atoms with Gasteiger partial charge in [-0.15, -0.1) is 0 Å². The fourth-order valence-electron chi connectivity index (χ4n) is 3.35. The number of nitrogens with zero attached hydrogens (tertiary/aromatic N) is 6. The van der Waals surface area contributed by atoms with Crippen molar-refractivity contribution in [2.75, 3.05) is 7.11 Å². The zero-order valence-corrected chi connectivity index (χ0v) is 15.9. The van der Waals surface area contributed by atoms with E-state index in [0.29, 0.717) is 34.7 Å². The average molecular weight is 397 g/mol. The summed E-state index contributed by atoms with van der Waals surface area (Å²) in [4.78, 5) is 28.6. The maximum Gasteiger partial charge on any atom is 0.328 e. The van der Waals surface area contributed by atoms with Crippen molar-refractivity contribution in [1.82, 2.24) is 29.1 Å². The Morgan fingerprint density at radius 1 is 1.17 bits per heavy atom. The highest BCUT2D eigenvalue weighted by Crippen LogP contribution is 2.19. The Labute approximate surface area is 169 Å². The van der Waals surface area contributed by atoms with Crippen molar-refractivity contribution in [2.45, 2.75) is 6.54 Å². The smallest absolute Gasteiger partial charge is 0.328 e. The van der Waals surface area contributed by atoms with Crippen LogP contribution >= 0.6 is 0 Å². The van der Waals surface area contributed by atoms with Crippen molar-refractivity contribution in [3.05, 3.63) is 76.6 Å². The van der Waals surface area contributed by atoms with Gasteiger partial charge in [-0.05, 0) is 35.9 Å². The normalized spacial score (nSPS) is 11.1. The van der Waals surface area contributed by atoms with Crippen molar-refractivity contribution in [1.29, 1.82) is 5.26 Å². The van der Waals surface area contributed by atoms with Gasteiger partial charge in [0.15, 0.2) is 5.65 Å². The summed E-state index contributed by atoms with van der Waals surface area (Å²) in [5, 5.41) is 9.19. The number of benzene rings is 2. The van der Waals surface area contributed by atoms with Crippen LogP contribution in [-0.4, -0.2) is 36.2 Å². The van der Waals surface area contributed by atoms with Crippen LogP contribution in [-0.2, 0) is 6.54 Å². The van der Waals surface area contributed by atoms with Gasteiger partial charge in [0.05, 0.1) is 42.5 Å². The molecule has 3 aromatic heterocycles. The van der Waals surface area contributed by atoms with E-state index in [1.165, 1.54) is 0 Å². The quantitative estimate of drug-likeness (QED) is 0.498. The van der Waals surface area contributed by atoms with Gasteiger partial charge in [-0.1, -0.05) is 12.1 Å². The molecule has 0 bridgehead atoms. The highest BCUT2D eigenvalue weighted by atomic mass is 16.5. The van der Waals surface area contributed by atoms with E-state index in [9.17, 15) is 10.1 Å². The van der Waals surface area contributed by atoms with E-state index >= 15 is 0 Å². The molecular formula is C21H15N7O2. The van der Waals surface area contributed by atoms with Gasteiger partial charge < -0.3 is 9.72 Å². The lowest BCUT2D eigenvalue weighted by molar-refractivity contribution is 0.414. The van der Waals surface area contributed by atoms with Crippen LogP contribution in [0.25, 0.3) is 28.1 Å². The minimum atomic E-state index is -0.269. The third-order valence-corrected chi connectivity index (χ3v) is 4.89. The molecule has 0 atom stereocenters. The Morgan fingerprint density at radius 3 is 2.77 bits per heavy atom. The number of fused-ring (bicyclic) bond motifs is 2. The summed E-state index contributed by atoms with van der Waals surface area (Å²) < 4.78 is 8.44. The lowest BCUT2D eigenvalue weighted by Crippen LogP contribution is -2.18. The molecule has 9 nitrogen and oxygen atoms in total. The van der Waals surface area contributed by atoms with Gasteiger partial charge in [-0.3, -0.25) is 9.13 Å². The molecule has 5 aromatic rings. The molecule has 0 fully saturated rings. The molecule has 0 spiro atoms. The fourth-order valence-corrected chi connectivity index (χ4v) is 3.35. The lowest BCUT2D eigenvalue weighted by atomic mass is 10.2. The standard InChI is InChI=1S/C21H15N7O2/c1-30-15-5-2-13(3-6-15)11-27-19-17(25-21(27)29)10-23-20(26-19)28-12-24-16-7-4-14(9-22)8-18(16)28/h2-8,10,12H,11H2,1H3,(H,25,29). The predicted molar refractivity (Wildman–Crippen MR) is 110 cm³/mol. The Hall–Kier alpha value is -4.45. The first kappa shape index (κ1) is 17.6. The third-order valence-electron chi connectivity index (χ3n) is 4.89. The summed E-state index contributed by atoms with van der Waals surface area (Å²) in [7, 11) is 1.61. The summed E-state index contributed by atoms with van der Waals surface area (Å²) in [6, 6.07) is 14.8. The molecule has 0 radical (unpaired) electrons. The highest BCUT2D eigenvalue weighted by Gasteiger charge is 2.13. The van der Waals surface area contributed by atoms with E-state index in [4.69, 9.17) is 4.74 Å². The van der Waals surface area contributed by atoms with Crippen LogP contribution < -0.4 is 10.4 Å². The number of hydrogen-bond acceptors (Lipinski definition) is 6. The van der Waals surface area contributed by atoms with Crippen LogP contribution in [0.5, 0.6) is 5.75 Å². The molecule has 0 saturated heterocycles. The second kappa shape index (κ2) is 6.86. The van der Waals surface area contributed by atoms with E-state index in [-0.39, 0.29) is 5.69 Å². The maximum absolute atomic E-state index is 12.5. The number of nitriles is 1. The number of nitrogens with one attached hydrogen (secondary N) is 1. The summed E-state index contributed by atoms with van der Waals surface area (Å²) in [6.45, 7) is 0.350. The van der Waals surface area contributed by atoms with E-state index < -0.39 is 0 Å². The second-order valence-electron chi connectivity index (χ2n) is 6.70. The summed E-state index contributed by atoms with van der Waals surface area (Å²) in [6.07, 6.45) is 3.18. The molecule has 0 unspecified atom stereocenters. The van der Waals surface area contributed by atoms with Gasteiger partial charge in [-0.2, -0.15) is 10.2 Å². The Kier molecular flexibility index (Phi) is 4.03. The molecular weight excluding hydrogens is 382 g/mol. The minimum Gasteiger partial charge on any atom is -0.497 e. The van der Waals surface area contributed by atoms with Crippen molar-refractivity contribution in [2.24, 2.45) is 0 Å². The van der Waals surface area contributed by atoms with Gasteiger partial charge in [-0.25, -0.2) is 14.8 Å². The number of H-pyrrole nitrogens is 1. The van der Waals surface area contributed by atoms with E-state index in [0.717, 1.165) is 16.8 Å². The van der Waals surface area contributed by atoms with Crippen molar-refractivity contribution in [3.63, 3.8) is 0 Å². The summed E-state index contributed by atoms with van der Waals surface area (Å²) >= 11 is 0. The Balaban J connectivity index is 1.61. The number of imidazole rings is 2. The van der Waals surface area contributed by atoms with E-state index in [1.807, 2.05) is 24.3 Å². The molecule has 5 rings (SSSR count). The maximum atomic E-state index is 12.5. The van der Waals surface area contributed by atoms with Crippen molar-refractivity contribution >= 4 is 22.2 Å². The summed E-state index contributed by atoms with van der Waals surface area (Å²) in [5.74, 6) is 1.11. The predicted octanol–water partition coefficient (Wildman–Crippen LogP) is 2.39. The monoisotopic (exact) mass is 397 g/mol. The number of hydrogen-bond donors (Lipinski definition) is 1. The largest absolute Gasteiger partial charge is 0.497 e. The average Bonchev–Trinajstić information content (AvgIpc) is 3.34. The van der Waals surface area contributed by atoms with Gasteiger partial charge in [0, 0.05) is 0 Å². The Morgan fingerprint density at radius 2 is 2.00 bits per heavy atom. The van der Waals surface area contributed by atoms with Crippen LogP contribution in [0.4, 0.5) is 0 Å². The molecule has 0 aliphatic heterocycles. The molecule has 0 aliphatic carbocycles. The van der Waals surface area contributed by atoms with Crippen LogP contribution in [0.1, 0.15) is 11.1 Å². The van der Waals surface area contributed by atoms with Gasteiger partial charge in [0.1, 0.15) is 17.6 Å². The number of methoxy groups -OCH3 is 1. The molecule has 2 aromatic carbocycles. The molecule has 0 aliphatic rings. The van der Waals surface area contributed by atoms with Gasteiger partial charge >= 0.3 is 5.69 Å². The zero-order valence-electron chi connectivity index (χ0n) is 15.9. The van der Waals surface area contributed by atoms with Crippen molar-refractivity contribution < 1.29 is 4.74 Å². The second-order valence-corrected chi connectivity index (χ2v) is 6.70. The molecule has 1 N–H and O–H groups in total. The van der Waals surface area contributed by atoms with Crippen LogP contribution in [0, 0.1) is 11.3 Å². The first-order valence-corrected chi connectivity index (χ1v) is 9.12. The number of aromatic amines is 1. The fraction of sp³-hybridized carbons (Fsp3) is 0.0952. The van der Waals surface area contributed by atoms with E-state index in [1.54, 1.807) is 47.0 Å². The number of aromatic nitrogens is 6. The third kappa shape index (κ3) is 2.87. The first-order chi connectivity index (χ1) is 14.7. The number of rotatable bonds is 4. The summed E-state index contributed by atoms with van der Waals surface area (Å²) in [5.41, 5.74) is 3.65. The molecule has 0 saturated carbocycles. The molecule has 30 heavy (non-hydrogen) atoms. The van der Waals surface area contributed by atoms with Crippen LogP contribution in [0.3, 0.4) is 0 Å². The molecule has 9 heteroatoms. The van der Waals surface area contributed by atoms with Crippen LogP contribution in [0.15, 0.2) is 59.8 Å². The lowest BCUT2D eigenvalue weighted by Gasteiger charge is -2.06. The zero-order chi connectivity index (χ0) is 20.7. The van der Waals surface area contributed by atoms with Gasteiger partial charge in [0.2, 0.25) is 5.95 Å². The van der Waals surface area contributed by atoms with E-state index in [2.05, 4.69) is 26.0 Å². The topological polar surface area (TPSA) is 114 Å². The van der Waals surface area contributed by atoms with Crippen molar-refractivity contribution in [3.8, 4) is 17.8 Å². The highest BCUT2D eigenvalue weighted by molar-refractivity contribution is 5.79. The van der Waals surface area contributed by atoms with Gasteiger partial charge in [0.25, 0.3) is 0 Å². The molecule has 0 amide bonds. The SMILES string of the molecule is COc1ccc(Cn2c(=O)[nH]c3cnc(-n4cnc5ccc(C#N)cc54)nc32)cc1. The Bertz CT molecular complexity index is 1490. The first-order valence-electron chi connectivity index (χ1n) is 9.12. The minimum absolute atomic E-state index is 0.269. The van der Waals surface area contributed by atoms with Crippen LogP contribution in [0.2, 0.25) is 0 Å². The molecule has 3 heterocycles.